The maximum Gasteiger partial charge on any atom is 0.246 e. The summed E-state index contributed by atoms with van der Waals surface area (Å²) in [7, 11) is 0. The largest absolute Gasteiger partial charge is 0.374 e. The zero-order valence-corrected chi connectivity index (χ0v) is 15.4. The zero-order valence-electron chi connectivity index (χ0n) is 15.4. The summed E-state index contributed by atoms with van der Waals surface area (Å²) in [6, 6.07) is 23.8. The number of hydrogen-bond acceptors (Lipinski definition) is 2. The van der Waals surface area contributed by atoms with E-state index in [1.54, 1.807) is 0 Å². The molecule has 132 valence electrons. The Kier molecular flexibility index (Phi) is 5.37. The van der Waals surface area contributed by atoms with E-state index in [2.05, 4.69) is 42.7 Å². The average Bonchev–Trinajstić information content (AvgIpc) is 2.62. The molecule has 1 atom stereocenters. The van der Waals surface area contributed by atoms with Crippen LogP contribution < -0.4 is 10.6 Å². The van der Waals surface area contributed by atoms with E-state index in [0.29, 0.717) is 0 Å². The number of amides is 1. The Balaban J connectivity index is 1.76. The molecule has 1 amide bonds. The van der Waals surface area contributed by atoms with Crippen molar-refractivity contribution < 1.29 is 4.79 Å². The Morgan fingerprint density at radius 3 is 2.15 bits per heavy atom. The number of benzene rings is 3. The summed E-state index contributed by atoms with van der Waals surface area (Å²) in [6.07, 6.45) is 0. The minimum atomic E-state index is -0.347. The van der Waals surface area contributed by atoms with Crippen molar-refractivity contribution >= 4 is 17.3 Å². The van der Waals surface area contributed by atoms with Crippen molar-refractivity contribution in [3.8, 4) is 11.1 Å². The van der Waals surface area contributed by atoms with Gasteiger partial charge in [-0.05, 0) is 55.7 Å². The lowest BCUT2D eigenvalue weighted by Crippen LogP contribution is -2.32. The molecule has 0 aliphatic rings. The molecule has 0 aromatic heterocycles. The third-order valence-corrected chi connectivity index (χ3v) is 4.27. The molecule has 26 heavy (non-hydrogen) atoms. The molecule has 3 heteroatoms. The summed E-state index contributed by atoms with van der Waals surface area (Å²) in [6.45, 7) is 5.98. The van der Waals surface area contributed by atoms with Crippen LogP contribution in [0.25, 0.3) is 11.1 Å². The molecule has 0 heterocycles. The minimum absolute atomic E-state index is 0.0625. The zero-order chi connectivity index (χ0) is 18.5. The van der Waals surface area contributed by atoms with Crippen molar-refractivity contribution in [2.24, 2.45) is 0 Å². The van der Waals surface area contributed by atoms with Crippen molar-refractivity contribution in [1.82, 2.24) is 0 Å². The fourth-order valence-corrected chi connectivity index (χ4v) is 3.08. The highest BCUT2D eigenvalue weighted by Crippen LogP contribution is 2.27. The highest BCUT2D eigenvalue weighted by Gasteiger charge is 2.15. The number of anilines is 2. The van der Waals surface area contributed by atoms with E-state index in [-0.39, 0.29) is 11.9 Å². The van der Waals surface area contributed by atoms with E-state index >= 15 is 0 Å². The number of carbonyl (C=O) groups excluding carboxylic acids is 1. The molecule has 0 saturated heterocycles. The summed E-state index contributed by atoms with van der Waals surface area (Å²) in [5, 5.41) is 6.35. The highest BCUT2D eigenvalue weighted by molar-refractivity contribution is 5.99. The number of nitrogens with one attached hydrogen (secondary N) is 2. The topological polar surface area (TPSA) is 41.1 Å². The van der Waals surface area contributed by atoms with Crippen LogP contribution in [-0.4, -0.2) is 11.9 Å². The summed E-state index contributed by atoms with van der Waals surface area (Å²) < 4.78 is 0. The van der Waals surface area contributed by atoms with E-state index in [9.17, 15) is 4.79 Å². The fraction of sp³-hybridized carbons (Fsp3) is 0.174. The van der Waals surface area contributed by atoms with Crippen molar-refractivity contribution in [1.29, 1.82) is 0 Å². The Labute approximate surface area is 155 Å². The van der Waals surface area contributed by atoms with Crippen LogP contribution in [0.5, 0.6) is 0 Å². The van der Waals surface area contributed by atoms with E-state index in [1.165, 1.54) is 11.1 Å². The molecule has 0 bridgehead atoms. The molecule has 0 aliphatic heterocycles. The van der Waals surface area contributed by atoms with E-state index in [1.807, 2.05) is 61.5 Å². The summed E-state index contributed by atoms with van der Waals surface area (Å²) in [4.78, 5) is 12.7. The van der Waals surface area contributed by atoms with Crippen molar-refractivity contribution in [2.75, 3.05) is 10.6 Å². The smallest absolute Gasteiger partial charge is 0.246 e. The Morgan fingerprint density at radius 2 is 1.46 bits per heavy atom. The molecular weight excluding hydrogens is 320 g/mol. The number of carbonyl (C=O) groups is 1. The van der Waals surface area contributed by atoms with Gasteiger partial charge in [-0.15, -0.1) is 0 Å². The first kappa shape index (κ1) is 17.7. The van der Waals surface area contributed by atoms with Crippen LogP contribution in [0.1, 0.15) is 18.1 Å². The molecule has 0 unspecified atom stereocenters. The van der Waals surface area contributed by atoms with Gasteiger partial charge in [-0.1, -0.05) is 54.6 Å². The maximum absolute atomic E-state index is 12.7. The second kappa shape index (κ2) is 7.87. The first-order valence-electron chi connectivity index (χ1n) is 8.83. The number of aryl methyl sites for hydroxylation is 2. The van der Waals surface area contributed by atoms with Crippen LogP contribution in [0.15, 0.2) is 72.8 Å². The van der Waals surface area contributed by atoms with Crippen molar-refractivity contribution in [3.63, 3.8) is 0 Å². The minimum Gasteiger partial charge on any atom is -0.374 e. The SMILES string of the molecule is Cc1cc(C)cc(N[C@H](C)C(=O)Nc2ccccc2-c2ccccc2)c1. The predicted octanol–water partition coefficient (Wildman–Crippen LogP) is 5.41. The third-order valence-electron chi connectivity index (χ3n) is 4.27. The van der Waals surface area contributed by atoms with E-state index in [0.717, 1.165) is 22.5 Å². The standard InChI is InChI=1S/C23H24N2O/c1-16-13-17(2)15-20(14-16)24-18(3)23(26)25-22-12-8-7-11-21(22)19-9-5-4-6-10-19/h4-15,18,24H,1-3H3,(H,25,26)/t18-/m1/s1. The molecule has 3 aromatic rings. The van der Waals surface area contributed by atoms with Gasteiger partial charge in [-0.25, -0.2) is 0 Å². The van der Waals surface area contributed by atoms with Gasteiger partial charge in [0.1, 0.15) is 6.04 Å². The Hall–Kier alpha value is -3.07. The lowest BCUT2D eigenvalue weighted by molar-refractivity contribution is -0.116. The van der Waals surface area contributed by atoms with E-state index < -0.39 is 0 Å². The quantitative estimate of drug-likeness (QED) is 0.650. The first-order chi connectivity index (χ1) is 12.5. The lowest BCUT2D eigenvalue weighted by atomic mass is 10.0. The van der Waals surface area contributed by atoms with Gasteiger partial charge >= 0.3 is 0 Å². The van der Waals surface area contributed by atoms with Crippen LogP contribution in [0, 0.1) is 13.8 Å². The molecule has 3 aromatic carbocycles. The maximum atomic E-state index is 12.7. The second-order valence-electron chi connectivity index (χ2n) is 6.64. The number of hydrogen-bond donors (Lipinski definition) is 2. The molecule has 2 N–H and O–H groups in total. The van der Waals surface area contributed by atoms with E-state index in [4.69, 9.17) is 0 Å². The average molecular weight is 344 g/mol. The molecule has 3 nitrogen and oxygen atoms in total. The van der Waals surface area contributed by atoms with Gasteiger partial charge in [-0.3, -0.25) is 4.79 Å². The van der Waals surface area contributed by atoms with Gasteiger partial charge in [0, 0.05) is 16.9 Å². The second-order valence-corrected chi connectivity index (χ2v) is 6.64. The van der Waals surface area contributed by atoms with Crippen LogP contribution in [0.3, 0.4) is 0 Å². The van der Waals surface area contributed by atoms with Gasteiger partial charge < -0.3 is 10.6 Å². The summed E-state index contributed by atoms with van der Waals surface area (Å²) in [5.74, 6) is -0.0625. The number of para-hydroxylation sites is 1. The predicted molar refractivity (Wildman–Crippen MR) is 110 cm³/mol. The van der Waals surface area contributed by atoms with Gasteiger partial charge in [-0.2, -0.15) is 0 Å². The monoisotopic (exact) mass is 344 g/mol. The van der Waals surface area contributed by atoms with Crippen molar-refractivity contribution in [2.45, 2.75) is 26.8 Å². The molecule has 0 saturated carbocycles. The molecule has 0 fully saturated rings. The van der Waals surface area contributed by atoms with Gasteiger partial charge in [0.05, 0.1) is 0 Å². The summed E-state index contributed by atoms with van der Waals surface area (Å²) >= 11 is 0. The number of rotatable bonds is 5. The normalized spacial score (nSPS) is 11.7. The summed E-state index contributed by atoms with van der Waals surface area (Å²) in [5.41, 5.74) is 6.22. The van der Waals surface area contributed by atoms with Crippen LogP contribution in [-0.2, 0) is 4.79 Å². The molecular formula is C23H24N2O. The molecule has 0 radical (unpaired) electrons. The molecule has 0 spiro atoms. The third kappa shape index (κ3) is 4.31. The highest BCUT2D eigenvalue weighted by atomic mass is 16.2. The fourth-order valence-electron chi connectivity index (χ4n) is 3.08. The van der Waals surface area contributed by atoms with Gasteiger partial charge in [0.15, 0.2) is 0 Å². The van der Waals surface area contributed by atoms with Crippen LogP contribution >= 0.6 is 0 Å². The van der Waals surface area contributed by atoms with Gasteiger partial charge in [0.2, 0.25) is 5.91 Å². The Morgan fingerprint density at radius 1 is 0.846 bits per heavy atom. The van der Waals surface area contributed by atoms with Crippen LogP contribution in [0.4, 0.5) is 11.4 Å². The lowest BCUT2D eigenvalue weighted by Gasteiger charge is -2.18. The Bertz CT molecular complexity index is 883. The van der Waals surface area contributed by atoms with Gasteiger partial charge in [0.25, 0.3) is 0 Å². The first-order valence-corrected chi connectivity index (χ1v) is 8.83. The van der Waals surface area contributed by atoms with Crippen LogP contribution in [0.2, 0.25) is 0 Å². The molecule has 3 rings (SSSR count). The van der Waals surface area contributed by atoms with Crippen molar-refractivity contribution in [3.05, 3.63) is 83.9 Å². The molecule has 0 aliphatic carbocycles.